The molecule has 1 unspecified atom stereocenters. The Hall–Kier alpha value is -2.69. The van der Waals surface area contributed by atoms with E-state index < -0.39 is 0 Å². The van der Waals surface area contributed by atoms with Crippen molar-refractivity contribution in [2.75, 3.05) is 5.32 Å². The van der Waals surface area contributed by atoms with Crippen LogP contribution in [0.2, 0.25) is 0 Å². The molecule has 5 nitrogen and oxygen atoms in total. The minimum absolute atomic E-state index is 0.198. The van der Waals surface area contributed by atoms with Gasteiger partial charge in [0.25, 0.3) is 0 Å². The zero-order valence-electron chi connectivity index (χ0n) is 12.8. The standard InChI is InChI=1S/C17H19N5/c1-3-14-6-4-8-16(10-14)19-13(2)15-7-5-9-17(11-15)22-12-18-20-21-22/h4-13,19H,3H2,1-2H3. The van der Waals surface area contributed by atoms with Crippen LogP contribution in [0.1, 0.15) is 31.0 Å². The summed E-state index contributed by atoms with van der Waals surface area (Å²) in [6.07, 6.45) is 2.64. The summed E-state index contributed by atoms with van der Waals surface area (Å²) in [5.41, 5.74) is 4.62. The van der Waals surface area contributed by atoms with Crippen molar-refractivity contribution in [3.63, 3.8) is 0 Å². The van der Waals surface area contributed by atoms with E-state index >= 15 is 0 Å². The van der Waals surface area contributed by atoms with Crippen molar-refractivity contribution in [1.82, 2.24) is 20.2 Å². The van der Waals surface area contributed by atoms with Gasteiger partial charge in [-0.05, 0) is 59.2 Å². The van der Waals surface area contributed by atoms with Gasteiger partial charge in [0.1, 0.15) is 6.33 Å². The fraction of sp³-hybridized carbons (Fsp3) is 0.235. The Balaban J connectivity index is 1.80. The molecule has 0 saturated heterocycles. The number of benzene rings is 2. The molecule has 1 N–H and O–H groups in total. The summed E-state index contributed by atoms with van der Waals surface area (Å²) in [5.74, 6) is 0. The third-order valence-electron chi connectivity index (χ3n) is 3.70. The Kier molecular flexibility index (Phi) is 4.14. The summed E-state index contributed by atoms with van der Waals surface area (Å²) in [6.45, 7) is 4.31. The minimum Gasteiger partial charge on any atom is -0.379 e. The quantitative estimate of drug-likeness (QED) is 0.783. The fourth-order valence-electron chi connectivity index (χ4n) is 2.43. The Morgan fingerprint density at radius 2 is 2.00 bits per heavy atom. The molecule has 5 heteroatoms. The first-order chi connectivity index (χ1) is 10.8. The summed E-state index contributed by atoms with van der Waals surface area (Å²) in [6, 6.07) is 16.9. The number of tetrazole rings is 1. The lowest BCUT2D eigenvalue weighted by Crippen LogP contribution is -2.07. The van der Waals surface area contributed by atoms with Crippen molar-refractivity contribution in [3.8, 4) is 5.69 Å². The minimum atomic E-state index is 0.198. The molecule has 0 fully saturated rings. The maximum atomic E-state index is 3.93. The number of aromatic nitrogens is 4. The van der Waals surface area contributed by atoms with Crippen molar-refractivity contribution < 1.29 is 0 Å². The number of hydrogen-bond acceptors (Lipinski definition) is 4. The number of nitrogens with zero attached hydrogens (tertiary/aromatic N) is 4. The molecule has 0 saturated carbocycles. The van der Waals surface area contributed by atoms with Crippen molar-refractivity contribution in [2.45, 2.75) is 26.3 Å². The van der Waals surface area contributed by atoms with E-state index in [0.717, 1.165) is 17.8 Å². The second-order valence-corrected chi connectivity index (χ2v) is 5.27. The molecule has 0 aliphatic rings. The van der Waals surface area contributed by atoms with Gasteiger partial charge in [0, 0.05) is 11.7 Å². The lowest BCUT2D eigenvalue weighted by molar-refractivity contribution is 0.785. The SMILES string of the molecule is CCc1cccc(NC(C)c2cccc(-n3cnnn3)c2)c1. The van der Waals surface area contributed by atoms with Crippen molar-refractivity contribution in [2.24, 2.45) is 0 Å². The van der Waals surface area contributed by atoms with Crippen LogP contribution in [0.25, 0.3) is 5.69 Å². The molecule has 3 rings (SSSR count). The Bertz CT molecular complexity index is 736. The maximum Gasteiger partial charge on any atom is 0.143 e. The summed E-state index contributed by atoms with van der Waals surface area (Å²) < 4.78 is 1.66. The van der Waals surface area contributed by atoms with E-state index in [4.69, 9.17) is 0 Å². The molecule has 1 aromatic heterocycles. The van der Waals surface area contributed by atoms with Gasteiger partial charge < -0.3 is 5.32 Å². The van der Waals surface area contributed by atoms with Gasteiger partial charge in [0.05, 0.1) is 5.69 Å². The van der Waals surface area contributed by atoms with Crippen LogP contribution in [-0.4, -0.2) is 20.2 Å². The normalized spacial score (nSPS) is 12.1. The zero-order valence-corrected chi connectivity index (χ0v) is 12.8. The first-order valence-corrected chi connectivity index (χ1v) is 7.45. The second kappa shape index (κ2) is 6.39. The molecular weight excluding hydrogens is 274 g/mol. The molecule has 1 atom stereocenters. The molecule has 0 spiro atoms. The van der Waals surface area contributed by atoms with E-state index in [1.807, 2.05) is 12.1 Å². The predicted octanol–water partition coefficient (Wildman–Crippen LogP) is 3.40. The van der Waals surface area contributed by atoms with E-state index in [1.165, 1.54) is 11.1 Å². The molecular formula is C17H19N5. The number of hydrogen-bond donors (Lipinski definition) is 1. The van der Waals surface area contributed by atoms with Gasteiger partial charge in [-0.3, -0.25) is 0 Å². The van der Waals surface area contributed by atoms with Gasteiger partial charge in [-0.25, -0.2) is 4.68 Å². The molecule has 2 aromatic carbocycles. The van der Waals surface area contributed by atoms with Crippen molar-refractivity contribution in [3.05, 3.63) is 66.0 Å². The van der Waals surface area contributed by atoms with Crippen LogP contribution in [0.15, 0.2) is 54.9 Å². The fourth-order valence-corrected chi connectivity index (χ4v) is 2.43. The van der Waals surface area contributed by atoms with Crippen LogP contribution >= 0.6 is 0 Å². The van der Waals surface area contributed by atoms with Crippen LogP contribution in [0.4, 0.5) is 5.69 Å². The number of rotatable bonds is 5. The highest BCUT2D eigenvalue weighted by Crippen LogP contribution is 2.22. The Morgan fingerprint density at radius 3 is 2.77 bits per heavy atom. The van der Waals surface area contributed by atoms with Gasteiger partial charge in [-0.15, -0.1) is 5.10 Å². The third-order valence-corrected chi connectivity index (χ3v) is 3.70. The van der Waals surface area contributed by atoms with Gasteiger partial charge >= 0.3 is 0 Å². The van der Waals surface area contributed by atoms with Gasteiger partial charge in [0.2, 0.25) is 0 Å². The molecule has 0 radical (unpaired) electrons. The number of aryl methyl sites for hydroxylation is 1. The van der Waals surface area contributed by atoms with Crippen LogP contribution in [0.3, 0.4) is 0 Å². The van der Waals surface area contributed by atoms with E-state index in [2.05, 4.69) is 71.1 Å². The van der Waals surface area contributed by atoms with Crippen LogP contribution in [-0.2, 0) is 6.42 Å². The topological polar surface area (TPSA) is 55.6 Å². The Labute approximate surface area is 130 Å². The zero-order chi connectivity index (χ0) is 15.4. The highest BCUT2D eigenvalue weighted by Gasteiger charge is 2.07. The number of nitrogens with one attached hydrogen (secondary N) is 1. The van der Waals surface area contributed by atoms with Gasteiger partial charge in [-0.1, -0.05) is 31.2 Å². The number of anilines is 1. The Morgan fingerprint density at radius 1 is 1.14 bits per heavy atom. The molecule has 22 heavy (non-hydrogen) atoms. The van der Waals surface area contributed by atoms with E-state index in [-0.39, 0.29) is 6.04 Å². The summed E-state index contributed by atoms with van der Waals surface area (Å²) in [4.78, 5) is 0. The van der Waals surface area contributed by atoms with Gasteiger partial charge in [-0.2, -0.15) is 0 Å². The van der Waals surface area contributed by atoms with E-state index in [9.17, 15) is 0 Å². The first kappa shape index (κ1) is 14.3. The molecule has 3 aromatic rings. The summed E-state index contributed by atoms with van der Waals surface area (Å²) >= 11 is 0. The van der Waals surface area contributed by atoms with Crippen LogP contribution in [0.5, 0.6) is 0 Å². The molecule has 112 valence electrons. The lowest BCUT2D eigenvalue weighted by atomic mass is 10.1. The average Bonchev–Trinajstić information content (AvgIpc) is 3.09. The van der Waals surface area contributed by atoms with E-state index in [1.54, 1.807) is 11.0 Å². The smallest absolute Gasteiger partial charge is 0.143 e. The largest absolute Gasteiger partial charge is 0.379 e. The highest BCUT2D eigenvalue weighted by atomic mass is 15.5. The predicted molar refractivity (Wildman–Crippen MR) is 87.0 cm³/mol. The molecule has 0 aliphatic heterocycles. The van der Waals surface area contributed by atoms with Gasteiger partial charge in [0.15, 0.2) is 0 Å². The molecule has 1 heterocycles. The van der Waals surface area contributed by atoms with E-state index in [0.29, 0.717) is 0 Å². The molecule has 0 bridgehead atoms. The summed E-state index contributed by atoms with van der Waals surface area (Å²) in [5, 5.41) is 14.8. The average molecular weight is 293 g/mol. The summed E-state index contributed by atoms with van der Waals surface area (Å²) in [7, 11) is 0. The maximum absolute atomic E-state index is 3.93. The van der Waals surface area contributed by atoms with Crippen LogP contribution in [0, 0.1) is 0 Å². The van der Waals surface area contributed by atoms with Crippen molar-refractivity contribution in [1.29, 1.82) is 0 Å². The van der Waals surface area contributed by atoms with Crippen LogP contribution < -0.4 is 5.32 Å². The van der Waals surface area contributed by atoms with Crippen molar-refractivity contribution >= 4 is 5.69 Å². The third kappa shape index (κ3) is 3.14. The highest BCUT2D eigenvalue weighted by molar-refractivity contribution is 5.48. The molecule has 0 aliphatic carbocycles. The second-order valence-electron chi connectivity index (χ2n) is 5.27. The lowest BCUT2D eigenvalue weighted by Gasteiger charge is -2.17. The monoisotopic (exact) mass is 293 g/mol. The first-order valence-electron chi connectivity index (χ1n) is 7.45. The molecule has 0 amide bonds.